The zero-order valence-electron chi connectivity index (χ0n) is 10.4. The first-order valence-corrected chi connectivity index (χ1v) is 6.19. The molecular weight excluding hydrogens is 228 g/mol. The number of para-hydroxylation sites is 1. The van der Waals surface area contributed by atoms with Gasteiger partial charge < -0.3 is 15.4 Å². The topological polar surface area (TPSA) is 65.1 Å². The molecule has 3 N–H and O–H groups in total. The summed E-state index contributed by atoms with van der Waals surface area (Å²) in [7, 11) is 0. The van der Waals surface area contributed by atoms with Crippen LogP contribution in [0.3, 0.4) is 0 Å². The summed E-state index contributed by atoms with van der Waals surface area (Å²) in [5.41, 5.74) is 1.47. The van der Waals surface area contributed by atoms with Crippen LogP contribution >= 0.6 is 0 Å². The van der Waals surface area contributed by atoms with E-state index in [-0.39, 0.29) is 18.2 Å². The Morgan fingerprint density at radius 1 is 1.39 bits per heavy atom. The number of aromatic amines is 1. The highest BCUT2D eigenvalue weighted by molar-refractivity contribution is 5.78. The Bertz CT molecular complexity index is 573. The first-order valence-electron chi connectivity index (χ1n) is 6.19. The summed E-state index contributed by atoms with van der Waals surface area (Å²) >= 11 is 0. The predicted molar refractivity (Wildman–Crippen MR) is 72.6 cm³/mol. The minimum Gasteiger partial charge on any atom is -0.395 e. The molecule has 1 aromatic carbocycles. The molecule has 0 amide bonds. The Morgan fingerprint density at radius 3 is 2.89 bits per heavy atom. The summed E-state index contributed by atoms with van der Waals surface area (Å²) in [6.07, 6.45) is 0.835. The summed E-state index contributed by atoms with van der Waals surface area (Å²) in [6, 6.07) is 9.63. The lowest BCUT2D eigenvalue weighted by molar-refractivity contribution is 0.238. The number of aliphatic hydroxyl groups is 1. The zero-order valence-corrected chi connectivity index (χ0v) is 10.4. The standard InChI is InChI=1S/C14H18N2O2/c1-2-12(9-17)15-8-11-7-10-5-3-4-6-13(10)16-14(11)18/h3-7,12,15,17H,2,8-9H2,1H3,(H,16,18). The number of fused-ring (bicyclic) bond motifs is 1. The monoisotopic (exact) mass is 246 g/mol. The van der Waals surface area contributed by atoms with Gasteiger partial charge >= 0.3 is 0 Å². The molecule has 18 heavy (non-hydrogen) atoms. The normalized spacial score (nSPS) is 12.8. The summed E-state index contributed by atoms with van der Waals surface area (Å²) in [4.78, 5) is 14.7. The maximum absolute atomic E-state index is 11.9. The van der Waals surface area contributed by atoms with Crippen molar-refractivity contribution in [3.05, 3.63) is 46.2 Å². The molecule has 0 aliphatic heterocycles. The SMILES string of the molecule is CCC(CO)NCc1cc2ccccc2[nH]c1=O. The number of hydrogen-bond donors (Lipinski definition) is 3. The first kappa shape index (κ1) is 12.8. The van der Waals surface area contributed by atoms with Crippen LogP contribution in [-0.4, -0.2) is 22.7 Å². The van der Waals surface area contributed by atoms with E-state index < -0.39 is 0 Å². The molecule has 2 aromatic rings. The molecule has 1 atom stereocenters. The smallest absolute Gasteiger partial charge is 0.252 e. The molecule has 0 radical (unpaired) electrons. The minimum atomic E-state index is -0.0750. The third-order valence-corrected chi connectivity index (χ3v) is 3.12. The van der Waals surface area contributed by atoms with Crippen LogP contribution in [-0.2, 0) is 6.54 Å². The Kier molecular flexibility index (Phi) is 4.12. The molecule has 0 spiro atoms. The fourth-order valence-corrected chi connectivity index (χ4v) is 1.92. The van der Waals surface area contributed by atoms with Crippen LogP contribution in [0, 0.1) is 0 Å². The van der Waals surface area contributed by atoms with Gasteiger partial charge in [-0.1, -0.05) is 25.1 Å². The van der Waals surface area contributed by atoms with Gasteiger partial charge in [-0.05, 0) is 23.9 Å². The molecule has 1 heterocycles. The van der Waals surface area contributed by atoms with E-state index in [9.17, 15) is 4.79 Å². The average Bonchev–Trinajstić information content (AvgIpc) is 2.40. The zero-order chi connectivity index (χ0) is 13.0. The number of aliphatic hydroxyl groups excluding tert-OH is 1. The highest BCUT2D eigenvalue weighted by Gasteiger charge is 2.06. The van der Waals surface area contributed by atoms with Gasteiger partial charge in [0.15, 0.2) is 0 Å². The molecule has 2 rings (SSSR count). The fourth-order valence-electron chi connectivity index (χ4n) is 1.92. The molecule has 0 aliphatic carbocycles. The second-order valence-corrected chi connectivity index (χ2v) is 4.38. The molecule has 0 aliphatic rings. The maximum Gasteiger partial charge on any atom is 0.252 e. The molecule has 0 saturated heterocycles. The fraction of sp³-hybridized carbons (Fsp3) is 0.357. The van der Waals surface area contributed by atoms with Crippen molar-refractivity contribution in [2.24, 2.45) is 0 Å². The number of benzene rings is 1. The third kappa shape index (κ3) is 2.78. The minimum absolute atomic E-state index is 0.0378. The lowest BCUT2D eigenvalue weighted by atomic mass is 10.1. The van der Waals surface area contributed by atoms with E-state index in [1.54, 1.807) is 0 Å². The maximum atomic E-state index is 11.9. The van der Waals surface area contributed by atoms with Crippen LogP contribution in [0.5, 0.6) is 0 Å². The molecule has 4 nitrogen and oxygen atoms in total. The van der Waals surface area contributed by atoms with Gasteiger partial charge in [-0.25, -0.2) is 0 Å². The van der Waals surface area contributed by atoms with Crippen LogP contribution in [0.1, 0.15) is 18.9 Å². The van der Waals surface area contributed by atoms with E-state index in [1.165, 1.54) is 0 Å². The number of rotatable bonds is 5. The number of hydrogen-bond acceptors (Lipinski definition) is 3. The molecule has 4 heteroatoms. The highest BCUT2D eigenvalue weighted by atomic mass is 16.3. The molecule has 0 fully saturated rings. The van der Waals surface area contributed by atoms with Crippen LogP contribution < -0.4 is 10.9 Å². The van der Waals surface area contributed by atoms with Crippen molar-refractivity contribution in [2.45, 2.75) is 25.9 Å². The highest BCUT2D eigenvalue weighted by Crippen LogP contribution is 2.10. The van der Waals surface area contributed by atoms with Gasteiger partial charge in [-0.15, -0.1) is 0 Å². The molecular formula is C14H18N2O2. The van der Waals surface area contributed by atoms with E-state index in [0.717, 1.165) is 17.3 Å². The second kappa shape index (κ2) is 5.80. The molecule has 96 valence electrons. The van der Waals surface area contributed by atoms with Gasteiger partial charge in [-0.3, -0.25) is 4.79 Å². The van der Waals surface area contributed by atoms with Crippen LogP contribution in [0.4, 0.5) is 0 Å². The summed E-state index contributed by atoms with van der Waals surface area (Å²) in [6.45, 7) is 2.56. The lowest BCUT2D eigenvalue weighted by Gasteiger charge is -2.13. The number of nitrogens with one attached hydrogen (secondary N) is 2. The summed E-state index contributed by atoms with van der Waals surface area (Å²) in [5, 5.41) is 13.3. The predicted octanol–water partition coefficient (Wildman–Crippen LogP) is 1.39. The van der Waals surface area contributed by atoms with Crippen molar-refractivity contribution in [2.75, 3.05) is 6.61 Å². The van der Waals surface area contributed by atoms with Crippen molar-refractivity contribution in [3.8, 4) is 0 Å². The van der Waals surface area contributed by atoms with Gasteiger partial charge in [0.25, 0.3) is 5.56 Å². The van der Waals surface area contributed by atoms with E-state index in [0.29, 0.717) is 12.1 Å². The van der Waals surface area contributed by atoms with Crippen molar-refractivity contribution < 1.29 is 5.11 Å². The van der Waals surface area contributed by atoms with Gasteiger partial charge in [0.1, 0.15) is 0 Å². The van der Waals surface area contributed by atoms with E-state index in [4.69, 9.17) is 5.11 Å². The van der Waals surface area contributed by atoms with Crippen molar-refractivity contribution in [1.29, 1.82) is 0 Å². The van der Waals surface area contributed by atoms with E-state index >= 15 is 0 Å². The van der Waals surface area contributed by atoms with Crippen molar-refractivity contribution in [1.82, 2.24) is 10.3 Å². The summed E-state index contributed by atoms with van der Waals surface area (Å²) < 4.78 is 0. The molecule has 0 saturated carbocycles. The molecule has 1 unspecified atom stereocenters. The van der Waals surface area contributed by atoms with Crippen molar-refractivity contribution in [3.63, 3.8) is 0 Å². The van der Waals surface area contributed by atoms with E-state index in [2.05, 4.69) is 10.3 Å². The molecule has 0 bridgehead atoms. The first-order chi connectivity index (χ1) is 8.74. The Balaban J connectivity index is 2.23. The number of aromatic nitrogens is 1. The van der Waals surface area contributed by atoms with Crippen LogP contribution in [0.15, 0.2) is 35.1 Å². The largest absolute Gasteiger partial charge is 0.395 e. The third-order valence-electron chi connectivity index (χ3n) is 3.12. The van der Waals surface area contributed by atoms with Gasteiger partial charge in [-0.2, -0.15) is 0 Å². The Morgan fingerprint density at radius 2 is 2.17 bits per heavy atom. The Labute approximate surface area is 106 Å². The van der Waals surface area contributed by atoms with Gasteiger partial charge in [0, 0.05) is 23.7 Å². The quantitative estimate of drug-likeness (QED) is 0.747. The van der Waals surface area contributed by atoms with Crippen LogP contribution in [0.2, 0.25) is 0 Å². The van der Waals surface area contributed by atoms with E-state index in [1.807, 2.05) is 37.3 Å². The lowest BCUT2D eigenvalue weighted by Crippen LogP contribution is -2.33. The molecule has 1 aromatic heterocycles. The Hall–Kier alpha value is -1.65. The van der Waals surface area contributed by atoms with Gasteiger partial charge in [0.2, 0.25) is 0 Å². The number of pyridine rings is 1. The van der Waals surface area contributed by atoms with Crippen molar-refractivity contribution >= 4 is 10.9 Å². The average molecular weight is 246 g/mol. The second-order valence-electron chi connectivity index (χ2n) is 4.38. The van der Waals surface area contributed by atoms with Gasteiger partial charge in [0.05, 0.1) is 6.61 Å². The summed E-state index contributed by atoms with van der Waals surface area (Å²) in [5.74, 6) is 0. The number of H-pyrrole nitrogens is 1. The van der Waals surface area contributed by atoms with Crippen LogP contribution in [0.25, 0.3) is 10.9 Å².